The van der Waals surface area contributed by atoms with Gasteiger partial charge in [0.05, 0.1) is 25.9 Å². The third-order valence-electron chi connectivity index (χ3n) is 4.65. The standard InChI is InChI=1S/C22H41N5O4/c1-21(2,3)19(28)10-12-30-13-14-31-16-17-15-27(26-25-17)11-8-7-9-18(20(23)29)24-22(4,5)6/h15,18,24H,7-14,16H2,1-6H3,(H2,23,29)/p+1. The number of H-pyrrole nitrogens is 1. The predicted molar refractivity (Wildman–Crippen MR) is 118 cm³/mol. The van der Waals surface area contributed by atoms with E-state index in [1.165, 1.54) is 0 Å². The lowest BCUT2D eigenvalue weighted by Crippen LogP contribution is -2.50. The van der Waals surface area contributed by atoms with Gasteiger partial charge in [-0.1, -0.05) is 26.0 Å². The van der Waals surface area contributed by atoms with Crippen LogP contribution in [0.15, 0.2) is 6.20 Å². The molecule has 0 spiro atoms. The van der Waals surface area contributed by atoms with Crippen molar-refractivity contribution in [2.24, 2.45) is 11.1 Å². The van der Waals surface area contributed by atoms with Crippen LogP contribution < -0.4 is 15.7 Å². The molecular weight excluding hydrogens is 398 g/mol. The molecule has 4 N–H and O–H groups in total. The van der Waals surface area contributed by atoms with Crippen LogP contribution in [-0.4, -0.2) is 53.4 Å². The van der Waals surface area contributed by atoms with E-state index in [1.54, 1.807) is 0 Å². The van der Waals surface area contributed by atoms with Gasteiger partial charge < -0.3 is 20.5 Å². The van der Waals surface area contributed by atoms with Crippen LogP contribution in [0, 0.1) is 5.41 Å². The van der Waals surface area contributed by atoms with Crippen molar-refractivity contribution in [2.75, 3.05) is 19.8 Å². The van der Waals surface area contributed by atoms with Crippen LogP contribution in [0.3, 0.4) is 0 Å². The van der Waals surface area contributed by atoms with Crippen molar-refractivity contribution >= 4 is 11.7 Å². The average molecular weight is 441 g/mol. The molecule has 0 bridgehead atoms. The van der Waals surface area contributed by atoms with Crippen LogP contribution >= 0.6 is 0 Å². The number of ketones is 1. The number of carbonyl (C=O) groups is 2. The molecule has 0 aliphatic heterocycles. The first-order valence-electron chi connectivity index (χ1n) is 11.1. The first kappa shape index (κ1) is 27.2. The minimum absolute atomic E-state index is 0.151. The summed E-state index contributed by atoms with van der Waals surface area (Å²) >= 11 is 0. The Morgan fingerprint density at radius 3 is 2.42 bits per heavy atom. The number of primary amides is 1. The predicted octanol–water partition coefficient (Wildman–Crippen LogP) is 1.65. The monoisotopic (exact) mass is 440 g/mol. The number of aryl methyl sites for hydroxylation is 1. The van der Waals surface area contributed by atoms with Crippen LogP contribution in [0.5, 0.6) is 0 Å². The van der Waals surface area contributed by atoms with Gasteiger partial charge in [-0.25, -0.2) is 0 Å². The smallest absolute Gasteiger partial charge is 0.243 e. The molecule has 0 saturated carbocycles. The molecule has 1 amide bonds. The maximum Gasteiger partial charge on any atom is 0.243 e. The van der Waals surface area contributed by atoms with Crippen molar-refractivity contribution in [1.82, 2.24) is 15.6 Å². The molecule has 0 aromatic carbocycles. The number of rotatable bonds is 15. The number of amides is 1. The Bertz CT molecular complexity index is 676. The summed E-state index contributed by atoms with van der Waals surface area (Å²) in [7, 11) is 0. The van der Waals surface area contributed by atoms with Gasteiger partial charge in [-0.2, -0.15) is 4.68 Å². The molecule has 1 rings (SSSR count). The van der Waals surface area contributed by atoms with Crippen LogP contribution in [0.25, 0.3) is 0 Å². The summed E-state index contributed by atoms with van der Waals surface area (Å²) in [5.74, 6) is -0.113. The molecule has 1 heterocycles. The first-order chi connectivity index (χ1) is 14.4. The number of aromatic nitrogens is 3. The maximum absolute atomic E-state index is 11.8. The van der Waals surface area contributed by atoms with Crippen LogP contribution in [0.4, 0.5) is 0 Å². The zero-order chi connectivity index (χ0) is 23.5. The molecule has 1 aromatic rings. The fourth-order valence-electron chi connectivity index (χ4n) is 2.93. The van der Waals surface area contributed by atoms with Gasteiger partial charge >= 0.3 is 0 Å². The molecule has 0 aliphatic carbocycles. The number of Topliss-reactive ketones (excluding diaryl/α,β-unsaturated/α-hetero) is 1. The zero-order valence-corrected chi connectivity index (χ0v) is 20.1. The maximum atomic E-state index is 11.8. The molecular formula is C22H42N5O4+. The third-order valence-corrected chi connectivity index (χ3v) is 4.65. The average Bonchev–Trinajstić information content (AvgIpc) is 3.09. The number of aromatic amines is 1. The summed E-state index contributed by atoms with van der Waals surface area (Å²) in [5, 5.41) is 10.5. The Morgan fingerprint density at radius 1 is 1.13 bits per heavy atom. The second kappa shape index (κ2) is 12.9. The lowest BCUT2D eigenvalue weighted by atomic mass is 9.89. The van der Waals surface area contributed by atoms with Gasteiger partial charge in [-0.15, -0.1) is 0 Å². The third kappa shape index (κ3) is 12.6. The number of hydrogen-bond acceptors (Lipinski definition) is 6. The van der Waals surface area contributed by atoms with Crippen molar-refractivity contribution in [3.8, 4) is 0 Å². The van der Waals surface area contributed by atoms with E-state index >= 15 is 0 Å². The molecule has 1 unspecified atom stereocenters. The van der Waals surface area contributed by atoms with Gasteiger partial charge in [0.15, 0.2) is 6.20 Å². The summed E-state index contributed by atoms with van der Waals surface area (Å²) in [6.07, 6.45) is 4.84. The number of unbranched alkanes of at least 4 members (excludes halogenated alkanes) is 1. The highest BCUT2D eigenvalue weighted by molar-refractivity contribution is 5.83. The molecule has 1 atom stereocenters. The first-order valence-corrected chi connectivity index (χ1v) is 11.1. The number of nitrogens with zero attached hydrogens (tertiary/aromatic N) is 2. The fraction of sp³-hybridized carbons (Fsp3) is 0.818. The summed E-state index contributed by atoms with van der Waals surface area (Å²) < 4.78 is 12.9. The lowest BCUT2D eigenvalue weighted by molar-refractivity contribution is -0.754. The molecule has 178 valence electrons. The Hall–Kier alpha value is -1.84. The minimum atomic E-state index is -0.317. The summed E-state index contributed by atoms with van der Waals surface area (Å²) in [4.78, 5) is 23.4. The minimum Gasteiger partial charge on any atom is -0.379 e. The van der Waals surface area contributed by atoms with E-state index in [-0.39, 0.29) is 28.7 Å². The normalized spacial score (nSPS) is 13.4. The van der Waals surface area contributed by atoms with Crippen molar-refractivity contribution in [3.05, 3.63) is 11.9 Å². The van der Waals surface area contributed by atoms with E-state index in [9.17, 15) is 9.59 Å². The van der Waals surface area contributed by atoms with Crippen molar-refractivity contribution in [3.63, 3.8) is 0 Å². The van der Waals surface area contributed by atoms with Crippen LogP contribution in [0.2, 0.25) is 0 Å². The van der Waals surface area contributed by atoms with E-state index in [0.717, 1.165) is 25.1 Å². The SMILES string of the molecule is CC(C)(C)NC(CCCC[n+]1cc(COCCOCCC(=O)C(C)(C)C)n[nH]1)C(N)=O. The molecule has 31 heavy (non-hydrogen) atoms. The number of hydrogen-bond donors (Lipinski definition) is 3. The summed E-state index contributed by atoms with van der Waals surface area (Å²) in [6.45, 7) is 14.3. The van der Waals surface area contributed by atoms with Gasteiger partial charge in [-0.05, 0) is 40.0 Å². The largest absolute Gasteiger partial charge is 0.379 e. The van der Waals surface area contributed by atoms with Crippen molar-refractivity contribution in [1.29, 1.82) is 0 Å². The van der Waals surface area contributed by atoms with Crippen molar-refractivity contribution in [2.45, 2.75) is 92.0 Å². The number of ether oxygens (including phenoxy) is 2. The van der Waals surface area contributed by atoms with Crippen molar-refractivity contribution < 1.29 is 23.7 Å². The van der Waals surface area contributed by atoms with E-state index in [4.69, 9.17) is 15.2 Å². The summed E-state index contributed by atoms with van der Waals surface area (Å²) in [6, 6.07) is -0.315. The highest BCUT2D eigenvalue weighted by Crippen LogP contribution is 2.16. The highest BCUT2D eigenvalue weighted by Gasteiger charge is 2.21. The second-order valence-electron chi connectivity index (χ2n) is 9.96. The highest BCUT2D eigenvalue weighted by atomic mass is 16.5. The Balaban J connectivity index is 2.16. The summed E-state index contributed by atoms with van der Waals surface area (Å²) in [5.41, 5.74) is 5.84. The fourth-order valence-corrected chi connectivity index (χ4v) is 2.93. The number of carbonyl (C=O) groups excluding carboxylic acids is 2. The van der Waals surface area contributed by atoms with Crippen LogP contribution in [0.1, 0.15) is 72.9 Å². The Labute approximate surface area is 186 Å². The second-order valence-corrected chi connectivity index (χ2v) is 9.96. The van der Waals surface area contributed by atoms with E-state index < -0.39 is 0 Å². The molecule has 1 aromatic heterocycles. The van der Waals surface area contributed by atoms with Crippen LogP contribution in [-0.2, 0) is 32.2 Å². The van der Waals surface area contributed by atoms with Gasteiger partial charge in [-0.3, -0.25) is 9.59 Å². The van der Waals surface area contributed by atoms with E-state index in [2.05, 4.69) is 15.6 Å². The topological polar surface area (TPSA) is 123 Å². The van der Waals surface area contributed by atoms with Gasteiger partial charge in [0, 0.05) is 22.5 Å². The molecule has 9 nitrogen and oxygen atoms in total. The van der Waals surface area contributed by atoms with E-state index in [0.29, 0.717) is 39.3 Å². The molecule has 0 saturated heterocycles. The quantitative estimate of drug-likeness (QED) is 0.281. The zero-order valence-electron chi connectivity index (χ0n) is 20.1. The lowest BCUT2D eigenvalue weighted by Gasteiger charge is -2.26. The Morgan fingerprint density at radius 2 is 1.81 bits per heavy atom. The molecule has 9 heteroatoms. The van der Waals surface area contributed by atoms with Gasteiger partial charge in [0.2, 0.25) is 11.6 Å². The molecule has 0 aliphatic rings. The Kier molecular flexibility index (Phi) is 11.3. The molecule has 0 fully saturated rings. The van der Waals surface area contributed by atoms with E-state index in [1.807, 2.05) is 52.4 Å². The van der Waals surface area contributed by atoms with Gasteiger partial charge in [0.1, 0.15) is 18.9 Å². The number of nitrogens with one attached hydrogen (secondary N) is 2. The molecule has 0 radical (unpaired) electrons. The number of nitrogens with two attached hydrogens (primary N) is 1. The van der Waals surface area contributed by atoms with Gasteiger partial charge in [0.25, 0.3) is 0 Å².